The van der Waals surface area contributed by atoms with E-state index in [9.17, 15) is 4.79 Å². The van der Waals surface area contributed by atoms with E-state index in [0.717, 1.165) is 19.4 Å². The molecule has 0 aromatic heterocycles. The van der Waals surface area contributed by atoms with Gasteiger partial charge in [-0.05, 0) is 43.5 Å². The number of para-hydroxylation sites is 2. The van der Waals surface area contributed by atoms with Gasteiger partial charge in [0.2, 0.25) is 5.91 Å². The van der Waals surface area contributed by atoms with Crippen molar-refractivity contribution < 1.29 is 9.53 Å². The fourth-order valence-electron chi connectivity index (χ4n) is 3.08. The number of carbonyl (C=O) groups is 1. The van der Waals surface area contributed by atoms with E-state index in [0.29, 0.717) is 18.0 Å². The number of anilines is 2. The third-order valence-electron chi connectivity index (χ3n) is 4.17. The highest BCUT2D eigenvalue weighted by Gasteiger charge is 2.19. The number of amides is 1. The van der Waals surface area contributed by atoms with E-state index in [-0.39, 0.29) is 5.91 Å². The Kier molecular flexibility index (Phi) is 4.51. The second-order valence-electron chi connectivity index (χ2n) is 5.91. The lowest BCUT2D eigenvalue weighted by Gasteiger charge is -2.31. The Morgan fingerprint density at radius 2 is 2.09 bits per heavy atom. The van der Waals surface area contributed by atoms with Crippen LogP contribution in [0.1, 0.15) is 17.5 Å². The topological polar surface area (TPSA) is 41.6 Å². The number of nitrogens with one attached hydrogen (secondary N) is 1. The molecule has 1 aliphatic heterocycles. The smallest absolute Gasteiger partial charge is 0.243 e. The summed E-state index contributed by atoms with van der Waals surface area (Å²) in [6.45, 7) is 3.37. The molecule has 0 atom stereocenters. The molecule has 4 nitrogen and oxygen atoms in total. The van der Waals surface area contributed by atoms with Crippen LogP contribution < -0.4 is 15.0 Å². The molecule has 0 saturated carbocycles. The van der Waals surface area contributed by atoms with Gasteiger partial charge in [-0.25, -0.2) is 0 Å². The molecule has 0 bridgehead atoms. The molecular formula is C19H22N2O2. The Balaban J connectivity index is 1.72. The van der Waals surface area contributed by atoms with Crippen molar-refractivity contribution in [3.8, 4) is 5.75 Å². The summed E-state index contributed by atoms with van der Waals surface area (Å²) >= 11 is 0. The molecule has 2 aromatic carbocycles. The summed E-state index contributed by atoms with van der Waals surface area (Å²) in [7, 11) is 1.61. The summed E-state index contributed by atoms with van der Waals surface area (Å²) in [5.74, 6) is 0.651. The van der Waals surface area contributed by atoms with Crippen molar-refractivity contribution in [3.63, 3.8) is 0 Å². The minimum absolute atomic E-state index is 0.0251. The zero-order valence-electron chi connectivity index (χ0n) is 13.6. The van der Waals surface area contributed by atoms with Gasteiger partial charge in [-0.1, -0.05) is 29.8 Å². The molecule has 2 aromatic rings. The number of hydrogen-bond acceptors (Lipinski definition) is 3. The lowest BCUT2D eigenvalue weighted by atomic mass is 9.99. The van der Waals surface area contributed by atoms with Crippen LogP contribution in [0.15, 0.2) is 42.5 Å². The molecule has 1 heterocycles. The number of nitrogens with zero attached hydrogens (tertiary/aromatic N) is 1. The summed E-state index contributed by atoms with van der Waals surface area (Å²) in [6.07, 6.45) is 2.17. The first-order valence-electron chi connectivity index (χ1n) is 7.95. The van der Waals surface area contributed by atoms with Crippen LogP contribution in [0.5, 0.6) is 5.75 Å². The fraction of sp³-hybridized carbons (Fsp3) is 0.316. The van der Waals surface area contributed by atoms with Gasteiger partial charge >= 0.3 is 0 Å². The molecule has 0 unspecified atom stereocenters. The number of benzene rings is 2. The van der Waals surface area contributed by atoms with Gasteiger partial charge in [0.05, 0.1) is 19.3 Å². The van der Waals surface area contributed by atoms with Gasteiger partial charge in [-0.2, -0.15) is 0 Å². The molecule has 1 aliphatic rings. The van der Waals surface area contributed by atoms with Crippen molar-refractivity contribution in [3.05, 3.63) is 53.6 Å². The summed E-state index contributed by atoms with van der Waals surface area (Å²) in [6, 6.07) is 13.9. The molecule has 0 aliphatic carbocycles. The van der Waals surface area contributed by atoms with Gasteiger partial charge < -0.3 is 15.0 Å². The fourth-order valence-corrected chi connectivity index (χ4v) is 3.08. The van der Waals surface area contributed by atoms with E-state index in [2.05, 4.69) is 35.3 Å². The number of rotatable bonds is 4. The molecule has 3 rings (SSSR count). The van der Waals surface area contributed by atoms with Gasteiger partial charge in [0.25, 0.3) is 0 Å². The molecule has 0 radical (unpaired) electrons. The van der Waals surface area contributed by atoms with Crippen molar-refractivity contribution in [1.29, 1.82) is 0 Å². The van der Waals surface area contributed by atoms with E-state index in [1.807, 2.05) is 24.3 Å². The zero-order valence-corrected chi connectivity index (χ0v) is 13.6. The summed E-state index contributed by atoms with van der Waals surface area (Å²) in [5.41, 5.74) is 4.49. The number of methoxy groups -OCH3 is 1. The highest BCUT2D eigenvalue weighted by molar-refractivity contribution is 5.95. The maximum absolute atomic E-state index is 12.4. The molecule has 23 heavy (non-hydrogen) atoms. The maximum Gasteiger partial charge on any atom is 0.243 e. The lowest BCUT2D eigenvalue weighted by molar-refractivity contribution is -0.115. The van der Waals surface area contributed by atoms with Gasteiger partial charge in [0.1, 0.15) is 5.75 Å². The van der Waals surface area contributed by atoms with E-state index in [4.69, 9.17) is 4.74 Å². The van der Waals surface area contributed by atoms with Crippen molar-refractivity contribution in [2.75, 3.05) is 30.4 Å². The second kappa shape index (κ2) is 6.73. The summed E-state index contributed by atoms with van der Waals surface area (Å²) in [4.78, 5) is 14.6. The first-order valence-corrected chi connectivity index (χ1v) is 7.95. The van der Waals surface area contributed by atoms with Gasteiger partial charge in [0.15, 0.2) is 0 Å². The Morgan fingerprint density at radius 3 is 2.91 bits per heavy atom. The van der Waals surface area contributed by atoms with Crippen molar-refractivity contribution >= 4 is 17.3 Å². The standard InChI is InChI=1S/C19H22N2O2/c1-14-9-10-17-15(12-14)6-5-11-21(17)13-19(22)20-16-7-3-4-8-18(16)23-2/h3-4,7-10,12H,5-6,11,13H2,1-2H3,(H,20,22). The Bertz CT molecular complexity index is 712. The number of aryl methyl sites for hydroxylation is 2. The Labute approximate surface area is 137 Å². The lowest BCUT2D eigenvalue weighted by Crippen LogP contribution is -2.36. The van der Waals surface area contributed by atoms with Crippen LogP contribution >= 0.6 is 0 Å². The van der Waals surface area contributed by atoms with Gasteiger partial charge in [-0.3, -0.25) is 4.79 Å². The molecule has 120 valence electrons. The Hall–Kier alpha value is -2.49. The molecule has 0 saturated heterocycles. The molecule has 0 fully saturated rings. The Morgan fingerprint density at radius 1 is 1.26 bits per heavy atom. The van der Waals surface area contributed by atoms with Crippen LogP contribution in [0.3, 0.4) is 0 Å². The summed E-state index contributed by atoms with van der Waals surface area (Å²) < 4.78 is 5.28. The van der Waals surface area contributed by atoms with Crippen LogP contribution in [-0.2, 0) is 11.2 Å². The number of fused-ring (bicyclic) bond motifs is 1. The zero-order chi connectivity index (χ0) is 16.2. The van der Waals surface area contributed by atoms with Crippen LogP contribution in [0.4, 0.5) is 11.4 Å². The highest BCUT2D eigenvalue weighted by atomic mass is 16.5. The van der Waals surface area contributed by atoms with Crippen LogP contribution in [0, 0.1) is 6.92 Å². The van der Waals surface area contributed by atoms with Crippen molar-refractivity contribution in [1.82, 2.24) is 0 Å². The maximum atomic E-state index is 12.4. The van der Waals surface area contributed by atoms with E-state index >= 15 is 0 Å². The quantitative estimate of drug-likeness (QED) is 0.941. The minimum Gasteiger partial charge on any atom is -0.495 e. The molecule has 0 spiro atoms. The average Bonchev–Trinajstić information content (AvgIpc) is 2.55. The summed E-state index contributed by atoms with van der Waals surface area (Å²) in [5, 5.41) is 2.95. The molecular weight excluding hydrogens is 288 g/mol. The highest BCUT2D eigenvalue weighted by Crippen LogP contribution is 2.28. The first-order chi connectivity index (χ1) is 11.2. The van der Waals surface area contributed by atoms with Crippen molar-refractivity contribution in [2.24, 2.45) is 0 Å². The van der Waals surface area contributed by atoms with Gasteiger partial charge in [-0.15, -0.1) is 0 Å². The number of ether oxygens (including phenoxy) is 1. The normalized spacial score (nSPS) is 13.4. The monoisotopic (exact) mass is 310 g/mol. The molecule has 4 heteroatoms. The van der Waals surface area contributed by atoms with Crippen LogP contribution in [0.2, 0.25) is 0 Å². The SMILES string of the molecule is COc1ccccc1NC(=O)CN1CCCc2cc(C)ccc21. The number of carbonyl (C=O) groups excluding carboxylic acids is 1. The molecule has 1 N–H and O–H groups in total. The van der Waals surface area contributed by atoms with E-state index in [1.165, 1.54) is 16.8 Å². The predicted molar refractivity (Wildman–Crippen MR) is 93.3 cm³/mol. The van der Waals surface area contributed by atoms with E-state index in [1.54, 1.807) is 7.11 Å². The minimum atomic E-state index is -0.0251. The first kappa shape index (κ1) is 15.4. The van der Waals surface area contributed by atoms with Crippen LogP contribution in [0.25, 0.3) is 0 Å². The van der Waals surface area contributed by atoms with E-state index < -0.39 is 0 Å². The average molecular weight is 310 g/mol. The number of hydrogen-bond donors (Lipinski definition) is 1. The largest absolute Gasteiger partial charge is 0.495 e. The predicted octanol–water partition coefficient (Wildman–Crippen LogP) is 3.39. The second-order valence-corrected chi connectivity index (χ2v) is 5.91. The van der Waals surface area contributed by atoms with Crippen LogP contribution in [-0.4, -0.2) is 26.1 Å². The third-order valence-corrected chi connectivity index (χ3v) is 4.17. The van der Waals surface area contributed by atoms with Crippen molar-refractivity contribution in [2.45, 2.75) is 19.8 Å². The molecule has 1 amide bonds. The van der Waals surface area contributed by atoms with Gasteiger partial charge in [0, 0.05) is 12.2 Å². The third kappa shape index (κ3) is 3.47.